The summed E-state index contributed by atoms with van der Waals surface area (Å²) in [6.07, 6.45) is 2.78. The van der Waals surface area contributed by atoms with Gasteiger partial charge in [0, 0.05) is 11.8 Å². The topological polar surface area (TPSA) is 42.9 Å². The van der Waals surface area contributed by atoms with Crippen LogP contribution in [0, 0.1) is 5.92 Å². The highest BCUT2D eigenvalue weighted by atomic mass is 32.2. The summed E-state index contributed by atoms with van der Waals surface area (Å²) in [6.45, 7) is 2.11. The smallest absolute Gasteiger partial charge is 0.231 e. The summed E-state index contributed by atoms with van der Waals surface area (Å²) in [6, 6.07) is 6.07. The molecule has 0 aromatic heterocycles. The fraction of sp³-hybridized carbons (Fsp3) is 0.500. The molecule has 0 amide bonds. The number of nitrogens with one attached hydrogen (secondary N) is 1. The number of thioether (sulfide) groups is 1. The van der Waals surface area contributed by atoms with Crippen LogP contribution >= 0.6 is 11.8 Å². The summed E-state index contributed by atoms with van der Waals surface area (Å²) in [7, 11) is 0. The van der Waals surface area contributed by atoms with Gasteiger partial charge in [0.15, 0.2) is 16.7 Å². The molecule has 2 heterocycles. The van der Waals surface area contributed by atoms with Gasteiger partial charge < -0.3 is 14.8 Å². The van der Waals surface area contributed by atoms with E-state index in [1.165, 1.54) is 18.4 Å². The van der Waals surface area contributed by atoms with Crippen LogP contribution in [0.5, 0.6) is 11.5 Å². The minimum atomic E-state index is 0.331. The number of aliphatic imine (C=N–C) groups is 1. The summed E-state index contributed by atoms with van der Waals surface area (Å²) < 4.78 is 10.7. The molecule has 2 aliphatic heterocycles. The van der Waals surface area contributed by atoms with E-state index in [0.29, 0.717) is 6.79 Å². The molecule has 4 rings (SSSR count). The van der Waals surface area contributed by atoms with Crippen molar-refractivity contribution in [2.45, 2.75) is 24.6 Å². The van der Waals surface area contributed by atoms with Crippen molar-refractivity contribution in [1.29, 1.82) is 0 Å². The molecule has 0 radical (unpaired) electrons. The lowest BCUT2D eigenvalue weighted by molar-refractivity contribution is 0.174. The first-order valence-corrected chi connectivity index (χ1v) is 7.60. The molecule has 1 atom stereocenters. The van der Waals surface area contributed by atoms with E-state index in [1.807, 2.05) is 23.9 Å². The van der Waals surface area contributed by atoms with Gasteiger partial charge in [-0.1, -0.05) is 17.8 Å². The number of amidine groups is 1. The van der Waals surface area contributed by atoms with E-state index in [-0.39, 0.29) is 0 Å². The van der Waals surface area contributed by atoms with Gasteiger partial charge in [-0.3, -0.25) is 4.99 Å². The van der Waals surface area contributed by atoms with E-state index >= 15 is 0 Å². The molecule has 1 aliphatic carbocycles. The molecule has 4 nitrogen and oxygen atoms in total. The third-order valence-corrected chi connectivity index (χ3v) is 5.04. The van der Waals surface area contributed by atoms with Gasteiger partial charge in [0.25, 0.3) is 0 Å². The van der Waals surface area contributed by atoms with E-state index in [9.17, 15) is 0 Å². The molecular weight excluding hydrogens is 260 g/mol. The van der Waals surface area contributed by atoms with Crippen LogP contribution in [0.1, 0.15) is 18.4 Å². The van der Waals surface area contributed by atoms with Crippen LogP contribution in [0.15, 0.2) is 23.2 Å². The third kappa shape index (κ3) is 2.39. The molecule has 1 unspecified atom stereocenters. The van der Waals surface area contributed by atoms with Gasteiger partial charge in [-0.25, -0.2) is 0 Å². The number of benzene rings is 1. The van der Waals surface area contributed by atoms with Crippen LogP contribution in [0.25, 0.3) is 0 Å². The molecule has 1 aromatic carbocycles. The number of nitrogens with zero attached hydrogens (tertiary/aromatic N) is 1. The van der Waals surface area contributed by atoms with Crippen molar-refractivity contribution in [2.75, 3.05) is 13.3 Å². The van der Waals surface area contributed by atoms with Gasteiger partial charge in [-0.2, -0.15) is 0 Å². The Labute approximate surface area is 116 Å². The van der Waals surface area contributed by atoms with Crippen molar-refractivity contribution in [3.8, 4) is 11.5 Å². The first-order valence-electron chi connectivity index (χ1n) is 6.72. The van der Waals surface area contributed by atoms with Crippen LogP contribution < -0.4 is 14.8 Å². The summed E-state index contributed by atoms with van der Waals surface area (Å²) in [5.74, 6) is 2.60. The predicted octanol–water partition coefficient (Wildman–Crippen LogP) is 2.39. The second kappa shape index (κ2) is 4.63. The summed E-state index contributed by atoms with van der Waals surface area (Å²) in [5.41, 5.74) is 1.20. The maximum atomic E-state index is 5.38. The Morgan fingerprint density at radius 1 is 1.26 bits per heavy atom. The predicted molar refractivity (Wildman–Crippen MR) is 75.8 cm³/mol. The van der Waals surface area contributed by atoms with Gasteiger partial charge in [0.05, 0.1) is 6.54 Å². The molecule has 0 spiro atoms. The maximum Gasteiger partial charge on any atom is 0.231 e. The van der Waals surface area contributed by atoms with Crippen LogP contribution in [0.4, 0.5) is 0 Å². The Morgan fingerprint density at radius 2 is 2.16 bits per heavy atom. The van der Waals surface area contributed by atoms with E-state index in [0.717, 1.165) is 40.9 Å². The standard InChI is InChI=1S/C14H16N2O2S/c1-4-11-12(18-8-17-11)5-9(1)6-15-14-16-7-13(19-14)10-2-3-10/h1,4-5,10,13H,2-3,6-8H2,(H,15,16). The quantitative estimate of drug-likeness (QED) is 0.920. The van der Waals surface area contributed by atoms with E-state index < -0.39 is 0 Å². The second-order valence-corrected chi connectivity index (χ2v) is 6.41. The first-order chi connectivity index (χ1) is 9.38. The van der Waals surface area contributed by atoms with Crippen LogP contribution in [-0.2, 0) is 6.54 Å². The Bertz CT molecular complexity index is 528. The Kier molecular flexibility index (Phi) is 2.80. The van der Waals surface area contributed by atoms with Crippen molar-refractivity contribution in [3.63, 3.8) is 0 Å². The van der Waals surface area contributed by atoms with Gasteiger partial charge in [0.1, 0.15) is 0 Å². The molecule has 1 aromatic rings. The highest BCUT2D eigenvalue weighted by Crippen LogP contribution is 2.41. The molecule has 1 saturated carbocycles. The van der Waals surface area contributed by atoms with Crippen LogP contribution in [0.3, 0.4) is 0 Å². The van der Waals surface area contributed by atoms with Crippen LogP contribution in [-0.4, -0.2) is 23.8 Å². The Balaban J connectivity index is 1.35. The lowest BCUT2D eigenvalue weighted by atomic mass is 10.2. The van der Waals surface area contributed by atoms with Gasteiger partial charge >= 0.3 is 0 Å². The molecule has 100 valence electrons. The maximum absolute atomic E-state index is 5.38. The molecule has 1 N–H and O–H groups in total. The zero-order chi connectivity index (χ0) is 12.7. The monoisotopic (exact) mass is 276 g/mol. The van der Waals surface area contributed by atoms with E-state index in [4.69, 9.17) is 9.47 Å². The minimum absolute atomic E-state index is 0.331. The largest absolute Gasteiger partial charge is 0.454 e. The zero-order valence-electron chi connectivity index (χ0n) is 10.6. The van der Waals surface area contributed by atoms with Crippen molar-refractivity contribution in [3.05, 3.63) is 23.8 Å². The highest BCUT2D eigenvalue weighted by Gasteiger charge is 2.35. The summed E-state index contributed by atoms with van der Waals surface area (Å²) >= 11 is 1.91. The molecule has 5 heteroatoms. The number of fused-ring (bicyclic) bond motifs is 1. The SMILES string of the molecule is c1cc2c(cc1CNC1=NCC(C3CC3)S1)OCO2. The minimum Gasteiger partial charge on any atom is -0.454 e. The van der Waals surface area contributed by atoms with E-state index in [2.05, 4.69) is 16.4 Å². The lowest BCUT2D eigenvalue weighted by Gasteiger charge is -2.08. The molecule has 0 saturated heterocycles. The number of hydrogen-bond donors (Lipinski definition) is 1. The number of rotatable bonds is 3. The van der Waals surface area contributed by atoms with Crippen molar-refractivity contribution in [1.82, 2.24) is 5.32 Å². The van der Waals surface area contributed by atoms with Gasteiger partial charge in [-0.15, -0.1) is 0 Å². The summed E-state index contributed by atoms with van der Waals surface area (Å²) in [5, 5.41) is 5.23. The average Bonchev–Trinajstić information content (AvgIpc) is 3.01. The van der Waals surface area contributed by atoms with E-state index in [1.54, 1.807) is 0 Å². The second-order valence-electron chi connectivity index (χ2n) is 5.18. The van der Waals surface area contributed by atoms with Crippen molar-refractivity contribution in [2.24, 2.45) is 10.9 Å². The van der Waals surface area contributed by atoms with Crippen LogP contribution in [0.2, 0.25) is 0 Å². The molecule has 0 bridgehead atoms. The number of hydrogen-bond acceptors (Lipinski definition) is 5. The fourth-order valence-corrected chi connectivity index (χ4v) is 3.64. The van der Waals surface area contributed by atoms with Crippen molar-refractivity contribution < 1.29 is 9.47 Å². The number of ether oxygens (including phenoxy) is 2. The third-order valence-electron chi connectivity index (χ3n) is 3.71. The Morgan fingerprint density at radius 3 is 3.05 bits per heavy atom. The summed E-state index contributed by atoms with van der Waals surface area (Å²) in [4.78, 5) is 4.58. The molecule has 1 fully saturated rings. The normalized spacial score (nSPS) is 24.4. The van der Waals surface area contributed by atoms with Gasteiger partial charge in [-0.05, 0) is 36.5 Å². The van der Waals surface area contributed by atoms with Crippen molar-refractivity contribution >= 4 is 16.9 Å². The lowest BCUT2D eigenvalue weighted by Crippen LogP contribution is -2.19. The first kappa shape index (κ1) is 11.5. The fourth-order valence-electron chi connectivity index (χ4n) is 2.43. The Hall–Kier alpha value is -1.36. The van der Waals surface area contributed by atoms with Gasteiger partial charge in [0.2, 0.25) is 6.79 Å². The molecule has 19 heavy (non-hydrogen) atoms. The zero-order valence-corrected chi connectivity index (χ0v) is 11.4. The highest BCUT2D eigenvalue weighted by molar-refractivity contribution is 8.14. The average molecular weight is 276 g/mol. The molecule has 3 aliphatic rings. The molecular formula is C14H16N2O2S.